The summed E-state index contributed by atoms with van der Waals surface area (Å²) in [4.78, 5) is 10.3. The first-order valence-corrected chi connectivity index (χ1v) is 7.03. The first kappa shape index (κ1) is 16.9. The molecule has 0 saturated heterocycles. The fourth-order valence-electron chi connectivity index (χ4n) is 1.91. The van der Waals surface area contributed by atoms with E-state index in [1.165, 1.54) is 12.2 Å². The van der Waals surface area contributed by atoms with E-state index < -0.39 is 22.3 Å². The van der Waals surface area contributed by atoms with Gasteiger partial charge in [-0.3, -0.25) is 4.79 Å². The highest BCUT2D eigenvalue weighted by molar-refractivity contribution is 6.35. The molecule has 0 spiro atoms. The van der Waals surface area contributed by atoms with Gasteiger partial charge in [0.15, 0.2) is 5.78 Å². The van der Waals surface area contributed by atoms with Gasteiger partial charge in [0.25, 0.3) is 0 Å². The molecule has 0 bridgehead atoms. The smallest absolute Gasteiger partial charge is 0.162 e. The van der Waals surface area contributed by atoms with Gasteiger partial charge in [-0.2, -0.15) is 0 Å². The van der Waals surface area contributed by atoms with Gasteiger partial charge in [-0.1, -0.05) is 6.08 Å². The molecule has 0 radical (unpaired) electrons. The summed E-state index contributed by atoms with van der Waals surface area (Å²) in [5, 5.41) is 21.7. The predicted octanol–water partition coefficient (Wildman–Crippen LogP) is 1.07. The van der Waals surface area contributed by atoms with Crippen molar-refractivity contribution in [1.29, 1.82) is 0 Å². The molecule has 6 heteroatoms. The number of aliphatic hydroxyl groups excluding tert-OH is 2. The Morgan fingerprint density at radius 2 is 2.11 bits per heavy atom. The fourth-order valence-corrected chi connectivity index (χ4v) is 2.63. The van der Waals surface area contributed by atoms with Crippen LogP contribution < -0.4 is 5.32 Å². The summed E-state index contributed by atoms with van der Waals surface area (Å²) in [7, 11) is 0. The van der Waals surface area contributed by atoms with Crippen LogP contribution in [0.2, 0.25) is 0 Å². The zero-order chi connectivity index (χ0) is 14.8. The second-order valence-corrected chi connectivity index (χ2v) is 7.03. The summed E-state index contributed by atoms with van der Waals surface area (Å²) in [6, 6.07) is 0. The van der Waals surface area contributed by atoms with E-state index in [0.29, 0.717) is 0 Å². The summed E-state index contributed by atoms with van der Waals surface area (Å²) in [5.41, 5.74) is -0.166. The van der Waals surface area contributed by atoms with Crippen molar-refractivity contribution in [3.63, 3.8) is 0 Å². The van der Waals surface area contributed by atoms with Crippen LogP contribution in [0.4, 0.5) is 0 Å². The SMILES string of the molecule is CC(C)(C)NCC(O)[C@]1(Cl)C=CC(=O)C(CO)C1Cl. The van der Waals surface area contributed by atoms with E-state index in [9.17, 15) is 15.0 Å². The minimum atomic E-state index is -1.26. The molecular weight excluding hydrogens is 289 g/mol. The Labute approximate surface area is 123 Å². The Bertz CT molecular complexity index is 367. The van der Waals surface area contributed by atoms with Crippen LogP contribution in [0.3, 0.4) is 0 Å². The van der Waals surface area contributed by atoms with Gasteiger partial charge in [0.2, 0.25) is 0 Å². The lowest BCUT2D eigenvalue weighted by molar-refractivity contribution is -0.120. The minimum Gasteiger partial charge on any atom is -0.396 e. The van der Waals surface area contributed by atoms with Crippen molar-refractivity contribution < 1.29 is 15.0 Å². The maximum absolute atomic E-state index is 11.6. The average Bonchev–Trinajstić information content (AvgIpc) is 2.31. The molecule has 4 atom stereocenters. The Morgan fingerprint density at radius 1 is 1.53 bits per heavy atom. The molecule has 0 aromatic rings. The summed E-state index contributed by atoms with van der Waals surface area (Å²) >= 11 is 12.5. The van der Waals surface area contributed by atoms with Gasteiger partial charge in [-0.15, -0.1) is 23.2 Å². The molecule has 110 valence electrons. The van der Waals surface area contributed by atoms with Crippen molar-refractivity contribution >= 4 is 29.0 Å². The largest absolute Gasteiger partial charge is 0.396 e. The molecule has 3 unspecified atom stereocenters. The van der Waals surface area contributed by atoms with E-state index in [4.69, 9.17) is 23.2 Å². The maximum Gasteiger partial charge on any atom is 0.162 e. The molecule has 3 N–H and O–H groups in total. The van der Waals surface area contributed by atoms with Crippen LogP contribution in [0, 0.1) is 5.92 Å². The van der Waals surface area contributed by atoms with Crippen molar-refractivity contribution in [3.05, 3.63) is 12.2 Å². The number of carbonyl (C=O) groups is 1. The molecule has 1 rings (SSSR count). The molecule has 4 nitrogen and oxygen atoms in total. The highest BCUT2D eigenvalue weighted by atomic mass is 35.5. The lowest BCUT2D eigenvalue weighted by Gasteiger charge is -2.39. The lowest BCUT2D eigenvalue weighted by atomic mass is 9.81. The number of rotatable bonds is 4. The highest BCUT2D eigenvalue weighted by Gasteiger charge is 2.48. The van der Waals surface area contributed by atoms with Crippen LogP contribution in [0.5, 0.6) is 0 Å². The van der Waals surface area contributed by atoms with Gasteiger partial charge in [-0.05, 0) is 26.8 Å². The van der Waals surface area contributed by atoms with Crippen molar-refractivity contribution in [2.24, 2.45) is 5.92 Å². The lowest BCUT2D eigenvalue weighted by Crippen LogP contribution is -2.56. The third-order valence-corrected chi connectivity index (χ3v) is 4.57. The molecule has 0 saturated carbocycles. The van der Waals surface area contributed by atoms with E-state index in [2.05, 4.69) is 5.32 Å². The first-order valence-electron chi connectivity index (χ1n) is 6.22. The van der Waals surface area contributed by atoms with Crippen LogP contribution in [0.25, 0.3) is 0 Å². The number of aliphatic hydroxyl groups is 2. The van der Waals surface area contributed by atoms with E-state index in [1.54, 1.807) is 0 Å². The topological polar surface area (TPSA) is 69.6 Å². The molecule has 0 aromatic carbocycles. The van der Waals surface area contributed by atoms with E-state index in [-0.39, 0.29) is 24.5 Å². The number of ketones is 1. The standard InChI is InChI=1S/C13H21Cl2NO3/c1-12(2,3)16-6-10(19)13(15)5-4-9(18)8(7-17)11(13)14/h4-5,8,10-11,16-17,19H,6-7H2,1-3H3/t8?,10?,11?,13-/m1/s1. The molecule has 19 heavy (non-hydrogen) atoms. The van der Waals surface area contributed by atoms with Crippen molar-refractivity contribution in [2.45, 2.75) is 42.7 Å². The summed E-state index contributed by atoms with van der Waals surface area (Å²) in [6.45, 7) is 5.76. The zero-order valence-corrected chi connectivity index (χ0v) is 12.9. The van der Waals surface area contributed by atoms with E-state index in [1.807, 2.05) is 20.8 Å². The Kier molecular flexibility index (Phi) is 5.43. The fraction of sp³-hybridized carbons (Fsp3) is 0.769. The predicted molar refractivity (Wildman–Crippen MR) is 76.7 cm³/mol. The molecule has 1 aliphatic rings. The number of alkyl halides is 2. The van der Waals surface area contributed by atoms with Crippen LogP contribution in [-0.2, 0) is 4.79 Å². The highest BCUT2D eigenvalue weighted by Crippen LogP contribution is 2.38. The van der Waals surface area contributed by atoms with Crippen LogP contribution in [0.15, 0.2) is 12.2 Å². The minimum absolute atomic E-state index is 0.166. The number of β-amino-alcohol motifs (C(OH)–C–C–N with tert-alkyl or cyclic N) is 1. The number of allylic oxidation sites excluding steroid dienone is 1. The van der Waals surface area contributed by atoms with E-state index in [0.717, 1.165) is 0 Å². The van der Waals surface area contributed by atoms with Crippen molar-refractivity contribution in [3.8, 4) is 0 Å². The maximum atomic E-state index is 11.6. The number of hydrogen-bond acceptors (Lipinski definition) is 4. The molecule has 1 aliphatic carbocycles. The second-order valence-electron chi connectivity index (χ2n) is 5.90. The normalized spacial score (nSPS) is 33.5. The third kappa shape index (κ3) is 3.92. The number of hydrogen-bond donors (Lipinski definition) is 3. The van der Waals surface area contributed by atoms with Crippen LogP contribution >= 0.6 is 23.2 Å². The molecule has 0 amide bonds. The van der Waals surface area contributed by atoms with Crippen molar-refractivity contribution in [1.82, 2.24) is 5.32 Å². The third-order valence-electron chi connectivity index (χ3n) is 3.18. The first-order chi connectivity index (χ1) is 8.62. The van der Waals surface area contributed by atoms with E-state index >= 15 is 0 Å². The Morgan fingerprint density at radius 3 is 2.58 bits per heavy atom. The van der Waals surface area contributed by atoms with Crippen molar-refractivity contribution in [2.75, 3.05) is 13.2 Å². The molecule has 0 fully saturated rings. The van der Waals surface area contributed by atoms with Crippen LogP contribution in [0.1, 0.15) is 20.8 Å². The van der Waals surface area contributed by atoms with Gasteiger partial charge in [-0.25, -0.2) is 0 Å². The molecular formula is C13H21Cl2NO3. The Balaban J connectivity index is 2.84. The van der Waals surface area contributed by atoms with Gasteiger partial charge >= 0.3 is 0 Å². The molecule has 0 heterocycles. The van der Waals surface area contributed by atoms with Gasteiger partial charge < -0.3 is 15.5 Å². The number of carbonyl (C=O) groups excluding carboxylic acids is 1. The van der Waals surface area contributed by atoms with Gasteiger partial charge in [0.1, 0.15) is 4.87 Å². The Hall–Kier alpha value is -0.130. The van der Waals surface area contributed by atoms with Gasteiger partial charge in [0.05, 0.1) is 24.0 Å². The second kappa shape index (κ2) is 6.10. The average molecular weight is 310 g/mol. The summed E-state index contributed by atoms with van der Waals surface area (Å²) in [5.74, 6) is -1.05. The van der Waals surface area contributed by atoms with Gasteiger partial charge in [0, 0.05) is 12.1 Å². The number of nitrogens with one attached hydrogen (secondary N) is 1. The molecule has 0 aliphatic heterocycles. The summed E-state index contributed by atoms with van der Waals surface area (Å²) in [6.07, 6.45) is 1.75. The molecule has 0 aromatic heterocycles. The zero-order valence-electron chi connectivity index (χ0n) is 11.4. The quantitative estimate of drug-likeness (QED) is 0.679. The summed E-state index contributed by atoms with van der Waals surface area (Å²) < 4.78 is 0. The van der Waals surface area contributed by atoms with Crippen LogP contribution in [-0.4, -0.2) is 51.0 Å². The monoisotopic (exact) mass is 309 g/mol. The number of halogens is 2.